The molecule has 0 aromatic heterocycles. The molecule has 89 heavy (non-hydrogen) atoms. The molecule has 0 aromatic rings. The quantitative estimate of drug-likeness (QED) is 0.0506. The molecular formula is C60H102O29. The highest BCUT2D eigenvalue weighted by Gasteiger charge is 2.71. The van der Waals surface area contributed by atoms with Crippen molar-refractivity contribution in [2.24, 2.45) is 45.3 Å². The van der Waals surface area contributed by atoms with Crippen LogP contribution in [-0.4, -0.2) is 308 Å². The summed E-state index contributed by atoms with van der Waals surface area (Å²) in [4.78, 5) is 0. The van der Waals surface area contributed by atoms with Gasteiger partial charge in [-0.05, 0) is 99.7 Å². The van der Waals surface area contributed by atoms with Gasteiger partial charge in [-0.3, -0.25) is 0 Å². The van der Waals surface area contributed by atoms with Crippen molar-refractivity contribution in [1.29, 1.82) is 0 Å². The van der Waals surface area contributed by atoms with Crippen LogP contribution < -0.4 is 0 Å². The van der Waals surface area contributed by atoms with E-state index in [1.807, 2.05) is 13.8 Å². The average molecular weight is 1290 g/mol. The first kappa shape index (κ1) is 71.9. The first-order valence-corrected chi connectivity index (χ1v) is 31.6. The fourth-order valence-electron chi connectivity index (χ4n) is 17.1. The Morgan fingerprint density at radius 2 is 0.966 bits per heavy atom. The van der Waals surface area contributed by atoms with Gasteiger partial charge in [-0.2, -0.15) is 0 Å². The summed E-state index contributed by atoms with van der Waals surface area (Å²) in [6.07, 6.45) is -38.0. The largest absolute Gasteiger partial charge is 0.394 e. The van der Waals surface area contributed by atoms with Crippen molar-refractivity contribution in [2.45, 2.75) is 284 Å². The molecule has 8 fully saturated rings. The molecule has 5 aliphatic heterocycles. The van der Waals surface area contributed by atoms with Gasteiger partial charge in [0.15, 0.2) is 31.5 Å². The molecular weight excluding hydrogens is 1180 g/mol. The SMILES string of the molecule is C[C@H](CCC(OC1OC(CO)C(O)C(O)C1OC1OC(CO)C(O)C(O)C1O)C(C)(C)O)[C@H]1CC[C@@]2(C)C3CC=C4[C@@H](CC[C@H](OC5OC(COC6OC(CO)C(O)C(O)C6O)C(O)C(O)C5OC5OC(CO)C(O)C(O)C5O)C4(C)C)[C@]3(C)[C@H](O)C[C@]12C. The van der Waals surface area contributed by atoms with Crippen molar-refractivity contribution in [1.82, 2.24) is 0 Å². The Balaban J connectivity index is 0.912. The third-order valence-electron chi connectivity index (χ3n) is 22.9. The molecule has 35 atom stereocenters. The summed E-state index contributed by atoms with van der Waals surface area (Å²) in [5, 5.41) is 205. The molecule has 0 aromatic carbocycles. The number of hydrogen-bond donors (Lipinski definition) is 19. The molecule has 29 heteroatoms. The molecule has 516 valence electrons. The lowest BCUT2D eigenvalue weighted by atomic mass is 9.38. The fourth-order valence-corrected chi connectivity index (χ4v) is 17.1. The fraction of sp³-hybridized carbons (Fsp3) is 0.967. The van der Waals surface area contributed by atoms with E-state index < -0.39 is 227 Å². The van der Waals surface area contributed by atoms with Crippen LogP contribution in [0.5, 0.6) is 0 Å². The van der Waals surface area contributed by atoms with E-state index in [1.165, 1.54) is 13.8 Å². The smallest absolute Gasteiger partial charge is 0.187 e. The van der Waals surface area contributed by atoms with Gasteiger partial charge in [0.05, 0.1) is 56.9 Å². The summed E-state index contributed by atoms with van der Waals surface area (Å²) in [5.74, 6) is -0.0688. The Morgan fingerprint density at radius 3 is 1.47 bits per heavy atom. The normalized spacial score (nSPS) is 51.8. The highest BCUT2D eigenvalue weighted by atomic mass is 16.8. The topological polar surface area (TPSA) is 477 Å². The van der Waals surface area contributed by atoms with Crippen LogP contribution in [0.4, 0.5) is 0 Å². The minimum absolute atomic E-state index is 0.000150. The molecule has 19 N–H and O–H groups in total. The highest BCUT2D eigenvalue weighted by molar-refractivity contribution is 5.32. The summed E-state index contributed by atoms with van der Waals surface area (Å²) in [6.45, 7) is 12.3. The maximum absolute atomic E-state index is 12.9. The standard InChI is InChI=1S/C60H102O29/c1-23(9-13-35(57(4,5)79)87-54-49(44(74)39(69)30(21-64)84-54)88-52-47(77)42(72)37(67)28(19-62)82-52)24-15-16-58(6)32-12-10-25-26(60(32,8)33(65)17-59(24,58)7)11-14-34(56(25,2)3)86-55-50(89-53-48(78)43(73)38(68)29(20-63)83-53)45(75)40(70)31(85-55)22-80-51-46(76)41(71)36(66)27(18-61)81-51/h10,23-24,26-55,61-79H,9,11-22H2,1-8H3/t23-,24-,26-,27?,28?,29?,30?,31?,32?,33-,34+,35?,36?,37?,38?,39?,40?,41?,42?,43?,44?,45?,46?,47?,48?,49?,50?,51?,52?,53?,54?,55?,58+,59-,60+/m1/s1. The minimum Gasteiger partial charge on any atom is -0.394 e. The molecule has 27 unspecified atom stereocenters. The molecule has 9 aliphatic rings. The Kier molecular flexibility index (Phi) is 22.3. The average Bonchev–Trinajstić information content (AvgIpc) is 1.66. The number of aliphatic hydroxyl groups is 19. The lowest BCUT2D eigenvalue weighted by Gasteiger charge is -2.67. The maximum atomic E-state index is 12.9. The van der Waals surface area contributed by atoms with Crippen molar-refractivity contribution in [2.75, 3.05) is 33.0 Å². The van der Waals surface area contributed by atoms with Crippen LogP contribution in [0.3, 0.4) is 0 Å². The third-order valence-corrected chi connectivity index (χ3v) is 22.9. The summed E-state index contributed by atoms with van der Waals surface area (Å²) < 4.78 is 60.1. The number of aliphatic hydroxyl groups excluding tert-OH is 18. The predicted octanol–water partition coefficient (Wildman–Crippen LogP) is -5.41. The van der Waals surface area contributed by atoms with Crippen molar-refractivity contribution in [3.05, 3.63) is 11.6 Å². The van der Waals surface area contributed by atoms with Crippen LogP contribution >= 0.6 is 0 Å². The van der Waals surface area contributed by atoms with Gasteiger partial charge in [-0.15, -0.1) is 0 Å². The molecule has 9 rings (SSSR count). The van der Waals surface area contributed by atoms with E-state index in [0.29, 0.717) is 32.1 Å². The summed E-state index contributed by atoms with van der Waals surface area (Å²) in [7, 11) is 0. The molecule has 4 aliphatic carbocycles. The molecule has 0 bridgehead atoms. The zero-order valence-corrected chi connectivity index (χ0v) is 51.8. The van der Waals surface area contributed by atoms with Crippen molar-refractivity contribution < 1.29 is 144 Å². The van der Waals surface area contributed by atoms with Gasteiger partial charge in [0.25, 0.3) is 0 Å². The van der Waals surface area contributed by atoms with E-state index in [-0.39, 0.29) is 35.5 Å². The van der Waals surface area contributed by atoms with Gasteiger partial charge in [0.2, 0.25) is 0 Å². The third kappa shape index (κ3) is 13.0. The number of allylic oxidation sites excluding steroid dienone is 1. The highest BCUT2D eigenvalue weighted by Crippen LogP contribution is 2.75. The number of fused-ring (bicyclic) bond motifs is 5. The van der Waals surface area contributed by atoms with Crippen LogP contribution in [0.15, 0.2) is 11.6 Å². The van der Waals surface area contributed by atoms with Gasteiger partial charge in [0, 0.05) is 10.8 Å². The second-order valence-electron chi connectivity index (χ2n) is 28.7. The van der Waals surface area contributed by atoms with Crippen LogP contribution in [0, 0.1) is 45.3 Å². The zero-order valence-electron chi connectivity index (χ0n) is 51.8. The predicted molar refractivity (Wildman–Crippen MR) is 300 cm³/mol. The number of ether oxygens (including phenoxy) is 10. The van der Waals surface area contributed by atoms with Crippen molar-refractivity contribution in [3.63, 3.8) is 0 Å². The van der Waals surface area contributed by atoms with E-state index in [1.54, 1.807) is 0 Å². The van der Waals surface area contributed by atoms with Crippen LogP contribution in [0.2, 0.25) is 0 Å². The van der Waals surface area contributed by atoms with E-state index in [9.17, 15) is 97.0 Å². The van der Waals surface area contributed by atoms with Crippen LogP contribution in [0.25, 0.3) is 0 Å². The lowest BCUT2D eigenvalue weighted by molar-refractivity contribution is -0.379. The maximum Gasteiger partial charge on any atom is 0.187 e. The number of hydrogen-bond acceptors (Lipinski definition) is 29. The molecule has 29 nitrogen and oxygen atoms in total. The molecule has 5 saturated heterocycles. The van der Waals surface area contributed by atoms with Crippen molar-refractivity contribution >= 4 is 0 Å². The molecule has 0 amide bonds. The monoisotopic (exact) mass is 1290 g/mol. The van der Waals surface area contributed by atoms with E-state index in [2.05, 4.69) is 33.8 Å². The summed E-state index contributed by atoms with van der Waals surface area (Å²) in [5.41, 5.74) is -2.66. The molecule has 5 heterocycles. The molecule has 0 spiro atoms. The Labute approximate surface area is 517 Å². The summed E-state index contributed by atoms with van der Waals surface area (Å²) >= 11 is 0. The lowest BCUT2D eigenvalue weighted by Crippen LogP contribution is -2.66. The van der Waals surface area contributed by atoms with Crippen molar-refractivity contribution in [3.8, 4) is 0 Å². The Hall–Kier alpha value is -1.42. The van der Waals surface area contributed by atoms with Gasteiger partial charge in [-0.25, -0.2) is 0 Å². The minimum atomic E-state index is -1.92. The van der Waals surface area contributed by atoms with Crippen LogP contribution in [0.1, 0.15) is 107 Å². The number of rotatable bonds is 20. The van der Waals surface area contributed by atoms with Gasteiger partial charge in [0.1, 0.15) is 122 Å². The first-order chi connectivity index (χ1) is 41.7. The van der Waals surface area contributed by atoms with E-state index >= 15 is 0 Å². The first-order valence-electron chi connectivity index (χ1n) is 31.6. The van der Waals surface area contributed by atoms with Gasteiger partial charge < -0.3 is 144 Å². The van der Waals surface area contributed by atoms with E-state index in [0.717, 1.165) is 18.4 Å². The second-order valence-corrected chi connectivity index (χ2v) is 28.7. The molecule has 3 saturated carbocycles. The van der Waals surface area contributed by atoms with E-state index in [4.69, 9.17) is 47.4 Å². The zero-order chi connectivity index (χ0) is 65.5. The second kappa shape index (κ2) is 27.6. The van der Waals surface area contributed by atoms with Gasteiger partial charge >= 0.3 is 0 Å². The Morgan fingerprint density at radius 1 is 0.517 bits per heavy atom. The summed E-state index contributed by atoms with van der Waals surface area (Å²) in [6, 6.07) is 0. The molecule has 0 radical (unpaired) electrons. The van der Waals surface area contributed by atoms with Crippen LogP contribution in [-0.2, 0) is 47.4 Å². The van der Waals surface area contributed by atoms with Gasteiger partial charge in [-0.1, -0.05) is 53.2 Å². The Bertz CT molecular complexity index is 2340.